The summed E-state index contributed by atoms with van der Waals surface area (Å²) in [5, 5.41) is 5.35. The van der Waals surface area contributed by atoms with Crippen molar-refractivity contribution in [3.05, 3.63) is 53.3 Å². The van der Waals surface area contributed by atoms with Crippen molar-refractivity contribution in [3.8, 4) is 0 Å². The summed E-state index contributed by atoms with van der Waals surface area (Å²) < 4.78 is 26.6. The Balaban J connectivity index is 1.91. The van der Waals surface area contributed by atoms with Crippen molar-refractivity contribution in [2.75, 3.05) is 11.9 Å². The van der Waals surface area contributed by atoms with Gasteiger partial charge < -0.3 is 10.6 Å². The normalized spacial score (nSPS) is 11.3. The number of amides is 2. The van der Waals surface area contributed by atoms with Crippen molar-refractivity contribution in [2.24, 2.45) is 0 Å². The Morgan fingerprint density at radius 3 is 2.41 bits per heavy atom. The molecule has 0 aliphatic carbocycles. The first-order chi connectivity index (χ1) is 12.7. The van der Waals surface area contributed by atoms with Gasteiger partial charge in [0.15, 0.2) is 0 Å². The highest BCUT2D eigenvalue weighted by molar-refractivity contribution is 7.89. The predicted octanol–water partition coefficient (Wildman–Crippen LogP) is 1.79. The van der Waals surface area contributed by atoms with Crippen LogP contribution >= 0.6 is 11.6 Å². The molecule has 10 heteroatoms. The molecule has 2 aromatic rings. The van der Waals surface area contributed by atoms with E-state index in [1.165, 1.54) is 42.6 Å². The van der Waals surface area contributed by atoms with Crippen LogP contribution in [-0.4, -0.2) is 37.8 Å². The molecule has 0 saturated heterocycles. The molecular weight excluding hydrogens is 392 g/mol. The highest BCUT2D eigenvalue weighted by Crippen LogP contribution is 2.14. The minimum atomic E-state index is -3.60. The van der Waals surface area contributed by atoms with E-state index < -0.39 is 21.8 Å². The van der Waals surface area contributed by atoms with E-state index >= 15 is 0 Å². The molecule has 2 rings (SSSR count). The van der Waals surface area contributed by atoms with Crippen molar-refractivity contribution in [3.63, 3.8) is 0 Å². The molecule has 0 saturated carbocycles. The van der Waals surface area contributed by atoms with Gasteiger partial charge in [0, 0.05) is 22.9 Å². The Kier molecular flexibility index (Phi) is 6.89. The monoisotopic (exact) mass is 410 g/mol. The number of benzene rings is 1. The van der Waals surface area contributed by atoms with Gasteiger partial charge in [-0.1, -0.05) is 11.6 Å². The van der Waals surface area contributed by atoms with Crippen LogP contribution in [0.15, 0.2) is 47.5 Å². The number of carbonyl (C=O) groups is 2. The van der Waals surface area contributed by atoms with Crippen LogP contribution in [0.3, 0.4) is 0 Å². The molecule has 144 valence electrons. The average Bonchev–Trinajstić information content (AvgIpc) is 2.59. The minimum Gasteiger partial charge on any atom is -0.342 e. The van der Waals surface area contributed by atoms with E-state index in [0.29, 0.717) is 10.7 Å². The molecule has 0 atom stereocenters. The van der Waals surface area contributed by atoms with Gasteiger partial charge >= 0.3 is 0 Å². The fourth-order valence-corrected chi connectivity index (χ4v) is 3.49. The van der Waals surface area contributed by atoms with Gasteiger partial charge in [0.2, 0.25) is 15.9 Å². The summed E-state index contributed by atoms with van der Waals surface area (Å²) in [5.41, 5.74) is 0.501. The van der Waals surface area contributed by atoms with Gasteiger partial charge in [0.1, 0.15) is 5.69 Å². The number of aromatic nitrogens is 1. The fourth-order valence-electron chi connectivity index (χ4n) is 2.08. The lowest BCUT2D eigenvalue weighted by Crippen LogP contribution is -2.33. The molecule has 8 nitrogen and oxygen atoms in total. The summed E-state index contributed by atoms with van der Waals surface area (Å²) in [4.78, 5) is 27.8. The highest BCUT2D eigenvalue weighted by atomic mass is 35.5. The molecule has 0 aliphatic heterocycles. The number of anilines is 1. The Labute approximate surface area is 162 Å². The lowest BCUT2D eigenvalue weighted by molar-refractivity contribution is -0.115. The first-order valence-corrected chi connectivity index (χ1v) is 9.85. The van der Waals surface area contributed by atoms with Crippen LogP contribution in [0.2, 0.25) is 5.02 Å². The van der Waals surface area contributed by atoms with E-state index in [-0.39, 0.29) is 23.2 Å². The zero-order chi connectivity index (χ0) is 20.0. The van der Waals surface area contributed by atoms with E-state index in [2.05, 4.69) is 20.3 Å². The van der Waals surface area contributed by atoms with Gasteiger partial charge in [-0.2, -0.15) is 0 Å². The Morgan fingerprint density at radius 1 is 1.15 bits per heavy atom. The molecule has 3 N–H and O–H groups in total. The topological polar surface area (TPSA) is 117 Å². The van der Waals surface area contributed by atoms with Crippen molar-refractivity contribution >= 4 is 39.1 Å². The Hall–Kier alpha value is -2.49. The summed E-state index contributed by atoms with van der Waals surface area (Å²) in [7, 11) is -3.60. The van der Waals surface area contributed by atoms with Crippen LogP contribution in [0.1, 0.15) is 24.3 Å². The summed E-state index contributed by atoms with van der Waals surface area (Å²) in [6, 6.07) is 8.39. The molecule has 0 fully saturated rings. The van der Waals surface area contributed by atoms with E-state index in [1.807, 2.05) is 0 Å². The van der Waals surface area contributed by atoms with Gasteiger partial charge in [0.25, 0.3) is 5.91 Å². The summed E-state index contributed by atoms with van der Waals surface area (Å²) in [6.45, 7) is 3.17. The number of carbonyl (C=O) groups excluding carboxylic acids is 2. The first kappa shape index (κ1) is 20.8. The zero-order valence-corrected chi connectivity index (χ0v) is 16.3. The molecule has 0 radical (unpaired) electrons. The summed E-state index contributed by atoms with van der Waals surface area (Å²) in [6.07, 6.45) is 1.39. The Morgan fingerprint density at radius 2 is 1.81 bits per heavy atom. The molecule has 0 aliphatic rings. The number of halogens is 1. The van der Waals surface area contributed by atoms with E-state index in [9.17, 15) is 18.0 Å². The standard InChI is InChI=1S/C17H19ClN4O4S/c1-11(2)22-27(25,26)14-5-3-13(4-6-14)21-16(23)10-20-17(24)15-9-12(18)7-8-19-15/h3-9,11,22H,10H2,1-2H3,(H,20,24)(H,21,23). The number of hydrogen-bond acceptors (Lipinski definition) is 5. The molecule has 2 amide bonds. The number of sulfonamides is 1. The number of hydrogen-bond donors (Lipinski definition) is 3. The molecule has 0 unspecified atom stereocenters. The zero-order valence-electron chi connectivity index (χ0n) is 14.7. The smallest absolute Gasteiger partial charge is 0.270 e. The van der Waals surface area contributed by atoms with Gasteiger partial charge in [-0.3, -0.25) is 14.6 Å². The number of rotatable bonds is 7. The maximum atomic E-state index is 12.1. The largest absolute Gasteiger partial charge is 0.342 e. The molecule has 1 aromatic heterocycles. The van der Waals surface area contributed by atoms with Gasteiger partial charge in [-0.15, -0.1) is 0 Å². The third-order valence-electron chi connectivity index (χ3n) is 3.20. The maximum absolute atomic E-state index is 12.1. The lowest BCUT2D eigenvalue weighted by atomic mass is 10.3. The molecule has 1 heterocycles. The molecular formula is C17H19ClN4O4S. The average molecular weight is 411 g/mol. The fraction of sp³-hybridized carbons (Fsp3) is 0.235. The quantitative estimate of drug-likeness (QED) is 0.643. The van der Waals surface area contributed by atoms with Crippen LogP contribution in [0, 0.1) is 0 Å². The second kappa shape index (κ2) is 8.94. The van der Waals surface area contributed by atoms with Crippen LogP contribution in [0.5, 0.6) is 0 Å². The predicted molar refractivity (Wildman–Crippen MR) is 102 cm³/mol. The van der Waals surface area contributed by atoms with Gasteiger partial charge in [-0.05, 0) is 50.2 Å². The molecule has 0 bridgehead atoms. The van der Waals surface area contributed by atoms with Crippen LogP contribution in [0.25, 0.3) is 0 Å². The van der Waals surface area contributed by atoms with Crippen molar-refractivity contribution in [1.29, 1.82) is 0 Å². The van der Waals surface area contributed by atoms with Gasteiger partial charge in [0.05, 0.1) is 11.4 Å². The number of pyridine rings is 1. The number of nitrogens with zero attached hydrogens (tertiary/aromatic N) is 1. The Bertz CT molecular complexity index is 930. The van der Waals surface area contributed by atoms with Crippen LogP contribution < -0.4 is 15.4 Å². The van der Waals surface area contributed by atoms with E-state index in [0.717, 1.165) is 0 Å². The first-order valence-electron chi connectivity index (χ1n) is 7.99. The minimum absolute atomic E-state index is 0.0922. The van der Waals surface area contributed by atoms with E-state index in [4.69, 9.17) is 11.6 Å². The third-order valence-corrected chi connectivity index (χ3v) is 5.11. The molecule has 27 heavy (non-hydrogen) atoms. The van der Waals surface area contributed by atoms with Crippen molar-refractivity contribution in [2.45, 2.75) is 24.8 Å². The highest BCUT2D eigenvalue weighted by Gasteiger charge is 2.15. The lowest BCUT2D eigenvalue weighted by Gasteiger charge is -2.10. The molecule has 1 aromatic carbocycles. The SMILES string of the molecule is CC(C)NS(=O)(=O)c1ccc(NC(=O)CNC(=O)c2cc(Cl)ccn2)cc1. The van der Waals surface area contributed by atoms with Gasteiger partial charge in [-0.25, -0.2) is 13.1 Å². The summed E-state index contributed by atoms with van der Waals surface area (Å²) in [5.74, 6) is -1.00. The van der Waals surface area contributed by atoms with Crippen molar-refractivity contribution < 1.29 is 18.0 Å². The van der Waals surface area contributed by atoms with E-state index in [1.54, 1.807) is 13.8 Å². The second-order valence-corrected chi connectivity index (χ2v) is 8.04. The molecule has 0 spiro atoms. The number of nitrogens with one attached hydrogen (secondary N) is 3. The van der Waals surface area contributed by atoms with Crippen LogP contribution in [0.4, 0.5) is 5.69 Å². The summed E-state index contributed by atoms with van der Waals surface area (Å²) >= 11 is 5.78. The maximum Gasteiger partial charge on any atom is 0.270 e. The third kappa shape index (κ3) is 6.31. The second-order valence-electron chi connectivity index (χ2n) is 5.89. The van der Waals surface area contributed by atoms with Crippen molar-refractivity contribution in [1.82, 2.24) is 15.0 Å². The van der Waals surface area contributed by atoms with Crippen LogP contribution in [-0.2, 0) is 14.8 Å².